The van der Waals surface area contributed by atoms with E-state index in [1.54, 1.807) is 16.0 Å². The molecule has 5 nitrogen and oxygen atoms in total. The predicted molar refractivity (Wildman–Crippen MR) is 76.2 cm³/mol. The number of fused-ring (bicyclic) bond motifs is 1. The first-order chi connectivity index (χ1) is 9.61. The second-order valence-corrected chi connectivity index (χ2v) is 6.44. The van der Waals surface area contributed by atoms with Crippen LogP contribution < -0.4 is 0 Å². The first-order valence-electron chi connectivity index (χ1n) is 7.13. The minimum Gasteiger partial charge on any atom is -0.329 e. The van der Waals surface area contributed by atoms with Crippen LogP contribution in [0.15, 0.2) is 11.6 Å². The molecule has 0 saturated carbocycles. The summed E-state index contributed by atoms with van der Waals surface area (Å²) in [7, 11) is 0. The Morgan fingerprint density at radius 3 is 2.85 bits per heavy atom. The smallest absolute Gasteiger partial charge is 0.246 e. The number of thiazole rings is 1. The molecule has 2 saturated heterocycles. The number of piperazine rings is 1. The summed E-state index contributed by atoms with van der Waals surface area (Å²) in [6.45, 7) is 4.51. The normalized spacial score (nSPS) is 28.5. The lowest BCUT2D eigenvalue weighted by atomic mass is 9.95. The maximum absolute atomic E-state index is 12.8. The van der Waals surface area contributed by atoms with Crippen LogP contribution in [0.25, 0.3) is 0 Å². The average molecular weight is 293 g/mol. The number of amides is 2. The molecule has 0 aliphatic carbocycles. The SMILES string of the molecule is CC1C(=O)N2CCCCC2C(=O)N1C(C)c1nccs1. The van der Waals surface area contributed by atoms with E-state index in [-0.39, 0.29) is 23.9 Å². The highest BCUT2D eigenvalue weighted by atomic mass is 32.1. The number of carbonyl (C=O) groups is 2. The molecule has 0 radical (unpaired) electrons. The van der Waals surface area contributed by atoms with E-state index in [1.807, 2.05) is 19.2 Å². The zero-order valence-corrected chi connectivity index (χ0v) is 12.6. The van der Waals surface area contributed by atoms with Crippen LogP contribution in [-0.4, -0.2) is 45.2 Å². The molecule has 3 rings (SSSR count). The van der Waals surface area contributed by atoms with E-state index in [9.17, 15) is 9.59 Å². The fraction of sp³-hybridized carbons (Fsp3) is 0.643. The molecule has 2 amide bonds. The van der Waals surface area contributed by atoms with Crippen LogP contribution in [0.5, 0.6) is 0 Å². The molecular weight excluding hydrogens is 274 g/mol. The molecule has 108 valence electrons. The molecule has 20 heavy (non-hydrogen) atoms. The van der Waals surface area contributed by atoms with Gasteiger partial charge in [-0.1, -0.05) is 0 Å². The lowest BCUT2D eigenvalue weighted by Crippen LogP contribution is -2.65. The zero-order chi connectivity index (χ0) is 14.3. The van der Waals surface area contributed by atoms with Gasteiger partial charge < -0.3 is 9.80 Å². The third-order valence-electron chi connectivity index (χ3n) is 4.33. The highest BCUT2D eigenvalue weighted by Crippen LogP contribution is 2.32. The Morgan fingerprint density at radius 2 is 2.15 bits per heavy atom. The monoisotopic (exact) mass is 293 g/mol. The molecule has 1 aromatic heterocycles. The Kier molecular flexibility index (Phi) is 3.50. The van der Waals surface area contributed by atoms with Crippen molar-refractivity contribution in [2.45, 2.75) is 51.2 Å². The van der Waals surface area contributed by atoms with E-state index in [4.69, 9.17) is 0 Å². The van der Waals surface area contributed by atoms with Crippen LogP contribution in [-0.2, 0) is 9.59 Å². The van der Waals surface area contributed by atoms with Gasteiger partial charge in [0.1, 0.15) is 17.1 Å². The molecule has 2 aliphatic heterocycles. The number of hydrogen-bond donors (Lipinski definition) is 0. The van der Waals surface area contributed by atoms with Gasteiger partial charge in [0.15, 0.2) is 0 Å². The fourth-order valence-corrected chi connectivity index (χ4v) is 3.95. The quantitative estimate of drug-likeness (QED) is 0.835. The Balaban J connectivity index is 1.90. The van der Waals surface area contributed by atoms with Crippen LogP contribution in [0.3, 0.4) is 0 Å². The lowest BCUT2D eigenvalue weighted by Gasteiger charge is -2.47. The lowest BCUT2D eigenvalue weighted by molar-refractivity contribution is -0.165. The van der Waals surface area contributed by atoms with E-state index in [0.29, 0.717) is 0 Å². The van der Waals surface area contributed by atoms with Crippen LogP contribution in [0, 0.1) is 0 Å². The molecule has 0 spiro atoms. The summed E-state index contributed by atoms with van der Waals surface area (Å²) in [6.07, 6.45) is 4.56. The highest BCUT2D eigenvalue weighted by molar-refractivity contribution is 7.09. The Bertz CT molecular complexity index is 516. The van der Waals surface area contributed by atoms with Gasteiger partial charge in [0.2, 0.25) is 11.8 Å². The van der Waals surface area contributed by atoms with Gasteiger partial charge in [0, 0.05) is 18.1 Å². The summed E-state index contributed by atoms with van der Waals surface area (Å²) in [4.78, 5) is 33.1. The second-order valence-electron chi connectivity index (χ2n) is 5.51. The van der Waals surface area contributed by atoms with E-state index < -0.39 is 6.04 Å². The molecule has 6 heteroatoms. The number of aromatic nitrogens is 1. The molecule has 2 fully saturated rings. The summed E-state index contributed by atoms with van der Waals surface area (Å²) in [6, 6.07) is -0.781. The van der Waals surface area contributed by atoms with Crippen molar-refractivity contribution in [1.29, 1.82) is 0 Å². The molecule has 2 aliphatic rings. The molecule has 0 aromatic carbocycles. The summed E-state index contributed by atoms with van der Waals surface area (Å²) in [5.74, 6) is 0.164. The van der Waals surface area contributed by atoms with E-state index >= 15 is 0 Å². The predicted octanol–water partition coefficient (Wildman–Crippen LogP) is 1.82. The molecular formula is C14H19N3O2S. The van der Waals surface area contributed by atoms with Gasteiger partial charge >= 0.3 is 0 Å². The second kappa shape index (κ2) is 5.16. The van der Waals surface area contributed by atoms with E-state index in [0.717, 1.165) is 30.8 Å². The maximum atomic E-state index is 12.8. The number of nitrogens with zero attached hydrogens (tertiary/aromatic N) is 3. The standard InChI is InChI=1S/C14H19N3O2S/c1-9(12-15-6-8-20-12)17-10(2)13(18)16-7-4-3-5-11(16)14(17)19/h6,8-11H,3-5,7H2,1-2H3. The van der Waals surface area contributed by atoms with Gasteiger partial charge in [-0.2, -0.15) is 0 Å². The Labute approximate surface area is 122 Å². The van der Waals surface area contributed by atoms with Gasteiger partial charge in [0.25, 0.3) is 0 Å². The van der Waals surface area contributed by atoms with Crippen molar-refractivity contribution in [2.75, 3.05) is 6.54 Å². The van der Waals surface area contributed by atoms with Gasteiger partial charge in [-0.25, -0.2) is 4.98 Å². The van der Waals surface area contributed by atoms with Gasteiger partial charge in [-0.3, -0.25) is 9.59 Å². The zero-order valence-electron chi connectivity index (χ0n) is 11.8. The third-order valence-corrected chi connectivity index (χ3v) is 5.27. The summed E-state index contributed by atoms with van der Waals surface area (Å²) < 4.78 is 0. The summed E-state index contributed by atoms with van der Waals surface area (Å²) in [5, 5.41) is 2.79. The Morgan fingerprint density at radius 1 is 1.35 bits per heavy atom. The van der Waals surface area contributed by atoms with Crippen LogP contribution >= 0.6 is 11.3 Å². The van der Waals surface area contributed by atoms with Crippen LogP contribution in [0.1, 0.15) is 44.2 Å². The molecule has 0 N–H and O–H groups in total. The maximum Gasteiger partial charge on any atom is 0.246 e. The number of hydrogen-bond acceptors (Lipinski definition) is 4. The van der Waals surface area contributed by atoms with Crippen molar-refractivity contribution in [2.24, 2.45) is 0 Å². The number of carbonyl (C=O) groups excluding carboxylic acids is 2. The van der Waals surface area contributed by atoms with Crippen molar-refractivity contribution in [3.63, 3.8) is 0 Å². The molecule has 3 heterocycles. The van der Waals surface area contributed by atoms with Gasteiger partial charge in [-0.05, 0) is 33.1 Å². The molecule has 3 atom stereocenters. The third kappa shape index (κ3) is 2.02. The van der Waals surface area contributed by atoms with Crippen molar-refractivity contribution < 1.29 is 9.59 Å². The fourth-order valence-electron chi connectivity index (χ4n) is 3.26. The minimum absolute atomic E-state index is 0.0812. The van der Waals surface area contributed by atoms with Crippen molar-refractivity contribution in [3.8, 4) is 0 Å². The molecule has 0 bridgehead atoms. The highest BCUT2D eigenvalue weighted by Gasteiger charge is 2.46. The molecule has 1 aromatic rings. The molecule has 3 unspecified atom stereocenters. The van der Waals surface area contributed by atoms with Crippen molar-refractivity contribution in [1.82, 2.24) is 14.8 Å². The van der Waals surface area contributed by atoms with Crippen molar-refractivity contribution in [3.05, 3.63) is 16.6 Å². The van der Waals surface area contributed by atoms with Crippen LogP contribution in [0.4, 0.5) is 0 Å². The summed E-state index contributed by atoms with van der Waals surface area (Å²) >= 11 is 1.53. The van der Waals surface area contributed by atoms with Crippen molar-refractivity contribution >= 4 is 23.2 Å². The van der Waals surface area contributed by atoms with Gasteiger partial charge in [0.05, 0.1) is 6.04 Å². The summed E-state index contributed by atoms with van der Waals surface area (Å²) in [5.41, 5.74) is 0. The average Bonchev–Trinajstić information content (AvgIpc) is 2.99. The first kappa shape index (κ1) is 13.5. The number of rotatable bonds is 2. The first-order valence-corrected chi connectivity index (χ1v) is 8.01. The largest absolute Gasteiger partial charge is 0.329 e. The van der Waals surface area contributed by atoms with E-state index in [2.05, 4.69) is 4.98 Å². The minimum atomic E-state index is -0.393. The Hall–Kier alpha value is -1.43. The van der Waals surface area contributed by atoms with Gasteiger partial charge in [-0.15, -0.1) is 11.3 Å². The number of piperidine rings is 1. The van der Waals surface area contributed by atoms with Crippen LogP contribution in [0.2, 0.25) is 0 Å². The van der Waals surface area contributed by atoms with E-state index in [1.165, 1.54) is 11.3 Å². The topological polar surface area (TPSA) is 53.5 Å².